The van der Waals surface area contributed by atoms with E-state index in [9.17, 15) is 0 Å². The second-order valence-corrected chi connectivity index (χ2v) is 16.8. The molecule has 11 aromatic carbocycles. The smallest absolute Gasteiger partial charge is 0.160 e. The van der Waals surface area contributed by atoms with Crippen LogP contribution in [0.1, 0.15) is 0 Å². The number of thiophene rings is 1. The van der Waals surface area contributed by atoms with E-state index in [1.807, 2.05) is 17.4 Å². The van der Waals surface area contributed by atoms with Crippen LogP contribution < -0.4 is 0 Å². The molecule has 0 bridgehead atoms. The largest absolute Gasteiger partial charge is 0.228 e. The van der Waals surface area contributed by atoms with Gasteiger partial charge in [-0.3, -0.25) is 0 Å². The summed E-state index contributed by atoms with van der Waals surface area (Å²) in [6, 6.07) is 71.0. The number of aromatic nitrogens is 2. The first-order valence-electron chi connectivity index (χ1n) is 20.1. The van der Waals surface area contributed by atoms with Crippen molar-refractivity contribution in [2.24, 2.45) is 0 Å². The summed E-state index contributed by atoms with van der Waals surface area (Å²) in [6.07, 6.45) is 0. The van der Waals surface area contributed by atoms with Gasteiger partial charge in [0.2, 0.25) is 0 Å². The SMILES string of the molecule is c1ccc(-c2nc(-c3ccc(-c4ccc5c(c4)sc4ccccc45)cc3)cc(-c3cc4ccc5cccc6c7cccc8ccc9cccc(c(c3)c4c56)c9c87)n2)cc1. The van der Waals surface area contributed by atoms with Crippen LogP contribution >= 0.6 is 11.3 Å². The van der Waals surface area contributed by atoms with E-state index in [1.54, 1.807) is 0 Å². The zero-order chi connectivity index (χ0) is 38.6. The zero-order valence-electron chi connectivity index (χ0n) is 31.8. The number of fused-ring (bicyclic) bond motifs is 5. The minimum Gasteiger partial charge on any atom is -0.228 e. The average Bonchev–Trinajstić information content (AvgIpc) is 3.68. The van der Waals surface area contributed by atoms with Gasteiger partial charge in [-0.2, -0.15) is 0 Å². The average molecular weight is 765 g/mol. The van der Waals surface area contributed by atoms with Crippen molar-refractivity contribution in [2.45, 2.75) is 0 Å². The number of hydrogen-bond donors (Lipinski definition) is 0. The van der Waals surface area contributed by atoms with E-state index in [4.69, 9.17) is 9.97 Å². The highest BCUT2D eigenvalue weighted by molar-refractivity contribution is 7.25. The summed E-state index contributed by atoms with van der Waals surface area (Å²) < 4.78 is 2.63. The van der Waals surface area contributed by atoms with Gasteiger partial charge >= 0.3 is 0 Å². The molecule has 3 heteroatoms. The molecule has 0 aliphatic rings. The Bertz CT molecular complexity index is 3820. The van der Waals surface area contributed by atoms with Gasteiger partial charge in [0.1, 0.15) is 0 Å². The highest BCUT2D eigenvalue weighted by Crippen LogP contribution is 2.45. The molecule has 0 saturated carbocycles. The van der Waals surface area contributed by atoms with Crippen LogP contribution in [-0.4, -0.2) is 9.97 Å². The molecule has 2 nitrogen and oxygen atoms in total. The van der Waals surface area contributed by atoms with Gasteiger partial charge in [-0.05, 0) is 106 Å². The Labute approximate surface area is 343 Å². The van der Waals surface area contributed by atoms with E-state index in [0.717, 1.165) is 28.1 Å². The number of benzene rings is 10. The molecule has 0 spiro atoms. The van der Waals surface area contributed by atoms with E-state index < -0.39 is 0 Å². The molecule has 13 rings (SSSR count). The molecule has 272 valence electrons. The summed E-state index contributed by atoms with van der Waals surface area (Å²) in [7, 11) is 0. The molecule has 0 aliphatic heterocycles. The van der Waals surface area contributed by atoms with E-state index in [-0.39, 0.29) is 0 Å². The third-order valence-corrected chi connectivity index (χ3v) is 13.5. The number of rotatable bonds is 4. The molecule has 13 aromatic rings. The van der Waals surface area contributed by atoms with Gasteiger partial charge in [0.15, 0.2) is 5.82 Å². The predicted octanol–water partition coefficient (Wildman–Crippen LogP) is 15.9. The van der Waals surface area contributed by atoms with E-state index in [1.165, 1.54) is 95.9 Å². The summed E-state index contributed by atoms with van der Waals surface area (Å²) >= 11 is 1.86. The maximum absolute atomic E-state index is 5.33. The maximum atomic E-state index is 5.33. The standard InChI is InChI=1S/C56H32N2S/c1-2-9-38(10-3-1)56-57-48(34-21-19-33(20-22-34)39-27-28-43-42-14-4-5-18-50(42)59-51(43)31-39)32-49(58-56)41-29-40-26-25-37-12-7-16-45-44-15-6-11-35-23-24-36-13-8-17-46(54(36)52(35)44)47(30-41)55(40)53(37)45/h1-32H. The van der Waals surface area contributed by atoms with Gasteiger partial charge in [-0.15, -0.1) is 11.3 Å². The van der Waals surface area contributed by atoms with Crippen LogP contribution in [0, 0.1) is 0 Å². The third kappa shape index (κ3) is 4.99. The van der Waals surface area contributed by atoms with Crippen molar-refractivity contribution in [2.75, 3.05) is 0 Å². The van der Waals surface area contributed by atoms with Crippen molar-refractivity contribution < 1.29 is 0 Å². The van der Waals surface area contributed by atoms with Crippen molar-refractivity contribution in [3.8, 4) is 45.0 Å². The van der Waals surface area contributed by atoms with Crippen molar-refractivity contribution in [3.05, 3.63) is 194 Å². The Kier molecular flexibility index (Phi) is 6.92. The van der Waals surface area contributed by atoms with Crippen LogP contribution in [-0.2, 0) is 0 Å². The number of nitrogens with zero attached hydrogens (tertiary/aromatic N) is 2. The minimum absolute atomic E-state index is 0.710. The second-order valence-electron chi connectivity index (χ2n) is 15.7. The van der Waals surface area contributed by atoms with Crippen molar-refractivity contribution >= 4 is 96.1 Å². The van der Waals surface area contributed by atoms with Crippen molar-refractivity contribution in [1.29, 1.82) is 0 Å². The fraction of sp³-hybridized carbons (Fsp3) is 0. The molecule has 0 saturated heterocycles. The highest BCUT2D eigenvalue weighted by atomic mass is 32.1. The molecule has 2 heterocycles. The molecule has 2 aromatic heterocycles. The Morgan fingerprint density at radius 3 is 1.49 bits per heavy atom. The van der Waals surface area contributed by atoms with E-state index in [0.29, 0.717) is 5.82 Å². The van der Waals surface area contributed by atoms with Gasteiger partial charge in [-0.25, -0.2) is 9.97 Å². The number of hydrogen-bond acceptors (Lipinski definition) is 3. The first-order chi connectivity index (χ1) is 29.2. The van der Waals surface area contributed by atoms with Crippen molar-refractivity contribution in [3.63, 3.8) is 0 Å². The van der Waals surface area contributed by atoms with Crippen LogP contribution in [0.25, 0.3) is 130 Å². The molecular weight excluding hydrogens is 733 g/mol. The fourth-order valence-corrected chi connectivity index (χ4v) is 10.8. The van der Waals surface area contributed by atoms with Crippen LogP contribution in [0.15, 0.2) is 194 Å². The van der Waals surface area contributed by atoms with Gasteiger partial charge in [0.05, 0.1) is 11.4 Å². The summed E-state index contributed by atoms with van der Waals surface area (Å²) in [5.41, 5.74) is 7.29. The Morgan fingerprint density at radius 1 is 0.271 bits per heavy atom. The Hall–Kier alpha value is -7.46. The molecule has 0 aliphatic carbocycles. The Morgan fingerprint density at radius 2 is 0.797 bits per heavy atom. The first kappa shape index (κ1) is 32.6. The van der Waals surface area contributed by atoms with Gasteiger partial charge in [0.25, 0.3) is 0 Å². The second kappa shape index (κ2) is 12.5. The lowest BCUT2D eigenvalue weighted by molar-refractivity contribution is 1.18. The van der Waals surface area contributed by atoms with E-state index >= 15 is 0 Å². The lowest BCUT2D eigenvalue weighted by Gasteiger charge is -2.17. The summed E-state index contributed by atoms with van der Waals surface area (Å²) in [5, 5.41) is 17.8. The topological polar surface area (TPSA) is 25.8 Å². The van der Waals surface area contributed by atoms with Gasteiger partial charge in [0, 0.05) is 36.9 Å². The monoisotopic (exact) mass is 764 g/mol. The molecule has 0 fully saturated rings. The molecule has 0 radical (unpaired) electrons. The quantitative estimate of drug-likeness (QED) is 0.167. The maximum Gasteiger partial charge on any atom is 0.160 e. The summed E-state index contributed by atoms with van der Waals surface area (Å²) in [6.45, 7) is 0. The summed E-state index contributed by atoms with van der Waals surface area (Å²) in [5.74, 6) is 0.710. The molecule has 0 atom stereocenters. The van der Waals surface area contributed by atoms with Crippen LogP contribution in [0.4, 0.5) is 0 Å². The predicted molar refractivity (Wildman–Crippen MR) is 253 cm³/mol. The summed E-state index contributed by atoms with van der Waals surface area (Å²) in [4.78, 5) is 10.5. The minimum atomic E-state index is 0.710. The van der Waals surface area contributed by atoms with E-state index in [2.05, 4.69) is 188 Å². The first-order valence-corrected chi connectivity index (χ1v) is 21.0. The van der Waals surface area contributed by atoms with Crippen LogP contribution in [0.2, 0.25) is 0 Å². The molecule has 0 amide bonds. The van der Waals surface area contributed by atoms with Crippen molar-refractivity contribution in [1.82, 2.24) is 9.97 Å². The molecular formula is C56H32N2S. The highest BCUT2D eigenvalue weighted by Gasteiger charge is 2.18. The molecule has 0 unspecified atom stereocenters. The van der Waals surface area contributed by atoms with Crippen LogP contribution in [0.3, 0.4) is 0 Å². The van der Waals surface area contributed by atoms with Gasteiger partial charge < -0.3 is 0 Å². The lowest BCUT2D eigenvalue weighted by atomic mass is 9.87. The third-order valence-electron chi connectivity index (χ3n) is 12.4. The molecule has 59 heavy (non-hydrogen) atoms. The Balaban J connectivity index is 1.04. The zero-order valence-corrected chi connectivity index (χ0v) is 32.6. The molecule has 0 N–H and O–H groups in total. The lowest BCUT2D eigenvalue weighted by Crippen LogP contribution is -1.96. The van der Waals surface area contributed by atoms with Gasteiger partial charge in [-0.1, -0.05) is 164 Å². The fourth-order valence-electron chi connectivity index (χ4n) is 9.63. The normalized spacial score (nSPS) is 12.1. The van der Waals surface area contributed by atoms with Crippen LogP contribution in [0.5, 0.6) is 0 Å².